The zero-order chi connectivity index (χ0) is 35.8. The second-order valence-corrected chi connectivity index (χ2v) is 16.4. The Balaban J connectivity index is 0.981. The number of unbranched alkanes of at least 4 members (excludes halogenated alkanes) is 1. The van der Waals surface area contributed by atoms with Crippen LogP contribution in [0.15, 0.2) is 16.8 Å². The number of aromatic nitrogens is 2. The summed E-state index contributed by atoms with van der Waals surface area (Å²) in [5.74, 6) is 1.92. The number of methoxy groups -OCH3 is 1. The van der Waals surface area contributed by atoms with Crippen LogP contribution in [0.4, 0.5) is 11.4 Å². The predicted molar refractivity (Wildman–Crippen MR) is 186 cm³/mol. The second-order valence-electron chi connectivity index (χ2n) is 16.4. The first kappa shape index (κ1) is 36.5. The molecule has 0 radical (unpaired) electrons. The summed E-state index contributed by atoms with van der Waals surface area (Å²) in [6.07, 6.45) is 10.4. The van der Waals surface area contributed by atoms with Crippen LogP contribution >= 0.6 is 0 Å². The Morgan fingerprint density at radius 2 is 1.78 bits per heavy atom. The SMILES string of the molecule is COC(=O)[C@H](CCCCNc1ccc([N+](=O)[O-])c2nonc12)NC(=O)CC[C@@H](C)C1CCC2C3C(CC[C@@]21C)[C@@]1(C)CC[C@@H](O)CC1C[C@H]3O. The first-order chi connectivity index (χ1) is 23.9. The van der Waals surface area contributed by atoms with Gasteiger partial charge < -0.3 is 25.6 Å². The Morgan fingerprint density at radius 3 is 2.54 bits per heavy atom. The molecule has 276 valence electrons. The highest BCUT2D eigenvalue weighted by Crippen LogP contribution is 2.68. The van der Waals surface area contributed by atoms with E-state index in [0.717, 1.165) is 57.8 Å². The van der Waals surface area contributed by atoms with Crippen molar-refractivity contribution in [1.82, 2.24) is 15.6 Å². The molecule has 0 spiro atoms. The first-order valence-electron chi connectivity index (χ1n) is 18.7. The number of carbonyl (C=O) groups excluding carboxylic acids is 2. The van der Waals surface area contributed by atoms with E-state index in [9.17, 15) is 29.9 Å². The number of nitro benzene ring substituents is 1. The van der Waals surface area contributed by atoms with Crippen molar-refractivity contribution in [1.29, 1.82) is 0 Å². The number of aliphatic hydroxyl groups is 2. The van der Waals surface area contributed by atoms with Gasteiger partial charge in [-0.2, -0.15) is 0 Å². The molecule has 1 amide bonds. The molecule has 4 saturated carbocycles. The fourth-order valence-electron chi connectivity index (χ4n) is 11.2. The monoisotopic (exact) mass is 697 g/mol. The summed E-state index contributed by atoms with van der Waals surface area (Å²) in [6, 6.07) is 2.18. The number of fused-ring (bicyclic) bond motifs is 6. The van der Waals surface area contributed by atoms with Gasteiger partial charge in [0.05, 0.1) is 29.9 Å². The normalized spacial score (nSPS) is 34.6. The van der Waals surface area contributed by atoms with Gasteiger partial charge in [0.2, 0.25) is 11.4 Å². The molecule has 0 aliphatic heterocycles. The lowest BCUT2D eigenvalue weighted by Crippen LogP contribution is -2.58. The fourth-order valence-corrected chi connectivity index (χ4v) is 11.2. The van der Waals surface area contributed by atoms with Crippen LogP contribution < -0.4 is 10.6 Å². The number of carbonyl (C=O) groups is 2. The third kappa shape index (κ3) is 6.83. The number of benzene rings is 1. The van der Waals surface area contributed by atoms with Crippen molar-refractivity contribution in [2.75, 3.05) is 19.0 Å². The minimum absolute atomic E-state index is 0.0778. The molecule has 1 aromatic heterocycles. The maximum atomic E-state index is 13.2. The maximum Gasteiger partial charge on any atom is 0.328 e. The number of hydrogen-bond donors (Lipinski definition) is 4. The zero-order valence-corrected chi connectivity index (χ0v) is 29.9. The second kappa shape index (κ2) is 14.7. The molecule has 4 aliphatic carbocycles. The predicted octanol–water partition coefficient (Wildman–Crippen LogP) is 5.78. The summed E-state index contributed by atoms with van der Waals surface area (Å²) in [6.45, 7) is 7.68. The number of nitro groups is 1. The summed E-state index contributed by atoms with van der Waals surface area (Å²) < 4.78 is 9.72. The molecule has 50 heavy (non-hydrogen) atoms. The topological polar surface area (TPSA) is 190 Å². The van der Waals surface area contributed by atoms with Gasteiger partial charge in [-0.1, -0.05) is 20.8 Å². The lowest BCUT2D eigenvalue weighted by molar-refractivity contribution is -0.383. The molecule has 13 nitrogen and oxygen atoms in total. The molecule has 11 atom stereocenters. The van der Waals surface area contributed by atoms with Crippen LogP contribution in [0, 0.1) is 56.5 Å². The Labute approximate surface area is 293 Å². The van der Waals surface area contributed by atoms with Crippen LogP contribution in [-0.4, -0.2) is 69.2 Å². The number of hydrogen-bond acceptors (Lipinski definition) is 11. The number of anilines is 1. The van der Waals surface area contributed by atoms with Gasteiger partial charge >= 0.3 is 11.7 Å². The van der Waals surface area contributed by atoms with E-state index in [4.69, 9.17) is 9.37 Å². The highest BCUT2D eigenvalue weighted by Gasteiger charge is 2.62. The van der Waals surface area contributed by atoms with Crippen molar-refractivity contribution < 1.29 is 34.1 Å². The van der Waals surface area contributed by atoms with E-state index >= 15 is 0 Å². The zero-order valence-electron chi connectivity index (χ0n) is 29.9. The number of amides is 1. The molecular weight excluding hydrogens is 642 g/mol. The molecule has 6 rings (SSSR count). The molecule has 0 bridgehead atoms. The fraction of sp³-hybridized carbons (Fsp3) is 0.784. The molecule has 2 aromatic rings. The van der Waals surface area contributed by atoms with Crippen molar-refractivity contribution in [3.63, 3.8) is 0 Å². The van der Waals surface area contributed by atoms with Crippen LogP contribution in [0.5, 0.6) is 0 Å². The van der Waals surface area contributed by atoms with Crippen molar-refractivity contribution in [2.24, 2.45) is 46.3 Å². The average molecular weight is 698 g/mol. The van der Waals surface area contributed by atoms with Gasteiger partial charge in [-0.15, -0.1) is 0 Å². The molecule has 1 heterocycles. The van der Waals surface area contributed by atoms with E-state index in [1.165, 1.54) is 13.2 Å². The van der Waals surface area contributed by atoms with Crippen LogP contribution in [0.1, 0.15) is 104 Å². The summed E-state index contributed by atoms with van der Waals surface area (Å²) in [4.78, 5) is 36.5. The van der Waals surface area contributed by atoms with Gasteiger partial charge in [-0.3, -0.25) is 14.9 Å². The van der Waals surface area contributed by atoms with Crippen molar-refractivity contribution >= 4 is 34.3 Å². The van der Waals surface area contributed by atoms with Gasteiger partial charge in [-0.05, 0) is 140 Å². The highest BCUT2D eigenvalue weighted by atomic mass is 16.6. The Bertz CT molecular complexity index is 1550. The van der Waals surface area contributed by atoms with Crippen molar-refractivity contribution in [3.05, 3.63) is 22.2 Å². The Morgan fingerprint density at radius 1 is 1.04 bits per heavy atom. The molecule has 1 aromatic carbocycles. The van der Waals surface area contributed by atoms with E-state index in [-0.39, 0.29) is 45.7 Å². The molecule has 4 N–H and O–H groups in total. The average Bonchev–Trinajstić information content (AvgIpc) is 3.72. The van der Waals surface area contributed by atoms with E-state index in [1.54, 1.807) is 6.07 Å². The van der Waals surface area contributed by atoms with Crippen molar-refractivity contribution in [2.45, 2.75) is 122 Å². The third-order valence-corrected chi connectivity index (χ3v) is 13.9. The minimum Gasteiger partial charge on any atom is -0.467 e. The largest absolute Gasteiger partial charge is 0.467 e. The molecule has 4 aliphatic rings. The number of aliphatic hydroxyl groups excluding tert-OH is 2. The van der Waals surface area contributed by atoms with Crippen LogP contribution in [0.2, 0.25) is 0 Å². The number of non-ortho nitro benzene ring substituents is 1. The lowest BCUT2D eigenvalue weighted by atomic mass is 9.43. The summed E-state index contributed by atoms with van der Waals surface area (Å²) in [7, 11) is 1.32. The van der Waals surface area contributed by atoms with E-state index in [1.807, 2.05) is 0 Å². The molecule has 0 saturated heterocycles. The van der Waals surface area contributed by atoms with Gasteiger partial charge in [-0.25, -0.2) is 9.42 Å². The van der Waals surface area contributed by atoms with E-state index < -0.39 is 16.9 Å². The summed E-state index contributed by atoms with van der Waals surface area (Å²) in [5, 5.41) is 46.7. The van der Waals surface area contributed by atoms with E-state index in [2.05, 4.69) is 41.7 Å². The number of nitrogens with zero attached hydrogens (tertiary/aromatic N) is 3. The third-order valence-electron chi connectivity index (χ3n) is 13.9. The van der Waals surface area contributed by atoms with Gasteiger partial charge in [0, 0.05) is 19.0 Å². The maximum absolute atomic E-state index is 13.2. The first-order valence-corrected chi connectivity index (χ1v) is 18.7. The van der Waals surface area contributed by atoms with Crippen molar-refractivity contribution in [3.8, 4) is 0 Å². The van der Waals surface area contributed by atoms with Crippen LogP contribution in [-0.2, 0) is 14.3 Å². The van der Waals surface area contributed by atoms with Gasteiger partial charge in [0.1, 0.15) is 6.04 Å². The van der Waals surface area contributed by atoms with Crippen LogP contribution in [0.3, 0.4) is 0 Å². The highest BCUT2D eigenvalue weighted by molar-refractivity contribution is 5.93. The van der Waals surface area contributed by atoms with Crippen LogP contribution in [0.25, 0.3) is 11.0 Å². The quantitative estimate of drug-likeness (QED) is 0.0859. The smallest absolute Gasteiger partial charge is 0.328 e. The number of nitrogens with one attached hydrogen (secondary N) is 2. The molecule has 13 heteroatoms. The summed E-state index contributed by atoms with van der Waals surface area (Å²) >= 11 is 0. The van der Waals surface area contributed by atoms with Gasteiger partial charge in [0.15, 0.2) is 5.52 Å². The number of ether oxygens (including phenoxy) is 1. The Kier molecular flexibility index (Phi) is 10.7. The number of esters is 1. The van der Waals surface area contributed by atoms with E-state index in [0.29, 0.717) is 73.4 Å². The number of rotatable bonds is 13. The molecule has 4 fully saturated rings. The standard InChI is InChI=1S/C37H55N5O8/c1-21(24-9-10-25-32-26(15-17-37(24,25)3)36(2)16-14-23(43)19-22(36)20-30(32)44)8-13-31(45)39-28(35(46)49-4)7-5-6-18-38-27-11-12-29(42(47)48)34-33(27)40-50-41-34/h11-12,21-26,28,30,32,38,43-44H,5-10,13-20H2,1-4H3,(H,39,45)/t21-,22?,23-,24?,25?,26?,28+,30-,32?,36+,37-/m1/s1. The Hall–Kier alpha value is -3.32. The molecule has 5 unspecified atom stereocenters. The molecular formula is C37H55N5O8. The summed E-state index contributed by atoms with van der Waals surface area (Å²) in [5.41, 5.74) is 1.09. The minimum atomic E-state index is -0.740. The van der Waals surface area contributed by atoms with Gasteiger partial charge in [0.25, 0.3) is 0 Å². The lowest BCUT2D eigenvalue weighted by Gasteiger charge is -2.62.